The van der Waals surface area contributed by atoms with Crippen molar-refractivity contribution in [3.05, 3.63) is 54.1 Å². The number of carbonyl (C=O) groups is 2. The quantitative estimate of drug-likeness (QED) is 0.664. The number of carbonyl (C=O) groups excluding carboxylic acids is 2. The molecule has 0 saturated carbocycles. The van der Waals surface area contributed by atoms with Gasteiger partial charge in [0.2, 0.25) is 0 Å². The van der Waals surface area contributed by atoms with Crippen LogP contribution in [0.5, 0.6) is 5.75 Å². The summed E-state index contributed by atoms with van der Waals surface area (Å²) in [6.45, 7) is 2.43. The van der Waals surface area contributed by atoms with Crippen molar-refractivity contribution >= 4 is 50.4 Å². The van der Waals surface area contributed by atoms with Crippen molar-refractivity contribution < 1.29 is 14.3 Å². The Morgan fingerprint density at radius 2 is 1.96 bits per heavy atom. The molecule has 25 heavy (non-hydrogen) atoms. The van der Waals surface area contributed by atoms with Crippen molar-refractivity contribution in [1.29, 1.82) is 0 Å². The first-order valence-electron chi connectivity index (χ1n) is 7.61. The van der Waals surface area contributed by atoms with Crippen LogP contribution in [0, 0.1) is 6.92 Å². The smallest absolute Gasteiger partial charge is 0.410 e. The van der Waals surface area contributed by atoms with Gasteiger partial charge in [0.25, 0.3) is 5.24 Å². The molecule has 0 heterocycles. The Hall–Kier alpha value is -1.99. The number of hydrogen-bond acceptors (Lipinski definition) is 4. The number of rotatable bonds is 5. The summed E-state index contributed by atoms with van der Waals surface area (Å²) in [4.78, 5) is 25.7. The molecule has 0 saturated heterocycles. The highest BCUT2D eigenvalue weighted by molar-refractivity contribution is 9.09. The highest BCUT2D eigenvalue weighted by atomic mass is 79.9. The lowest BCUT2D eigenvalue weighted by Crippen LogP contribution is -2.35. The molecule has 0 spiro atoms. The van der Waals surface area contributed by atoms with Crippen LogP contribution in [0.25, 0.3) is 0 Å². The maximum atomic E-state index is 12.6. The molecule has 0 unspecified atom stereocenters. The van der Waals surface area contributed by atoms with E-state index >= 15 is 0 Å². The van der Waals surface area contributed by atoms with Crippen molar-refractivity contribution in [2.45, 2.75) is 6.92 Å². The lowest BCUT2D eigenvalue weighted by atomic mass is 10.2. The number of nitrogens with zero attached hydrogens (tertiary/aromatic N) is 1. The molecule has 132 valence electrons. The minimum absolute atomic E-state index is 0.177. The lowest BCUT2D eigenvalue weighted by Gasteiger charge is -2.23. The van der Waals surface area contributed by atoms with Crippen LogP contribution in [0.4, 0.5) is 21.0 Å². The Kier molecular flexibility index (Phi) is 7.33. The number of nitrogens with one attached hydrogen (secondary N) is 1. The molecular weight excluding hydrogens is 404 g/mol. The van der Waals surface area contributed by atoms with Crippen LogP contribution in [-0.4, -0.2) is 29.5 Å². The number of aryl methyl sites for hydroxylation is 1. The molecule has 1 N–H and O–H groups in total. The topological polar surface area (TPSA) is 58.6 Å². The van der Waals surface area contributed by atoms with E-state index in [9.17, 15) is 9.59 Å². The number of anilines is 2. The Morgan fingerprint density at radius 1 is 1.20 bits per heavy atom. The Balaban J connectivity index is 2.17. The third-order valence-electron chi connectivity index (χ3n) is 3.41. The second-order valence-corrected chi connectivity index (χ2v) is 6.71. The molecule has 0 atom stereocenters. The maximum absolute atomic E-state index is 12.6. The van der Waals surface area contributed by atoms with Crippen molar-refractivity contribution in [1.82, 2.24) is 0 Å². The van der Waals surface area contributed by atoms with Gasteiger partial charge in [-0.15, -0.1) is 0 Å². The molecule has 2 amide bonds. The summed E-state index contributed by atoms with van der Waals surface area (Å²) >= 11 is 4.45. The van der Waals surface area contributed by atoms with Crippen LogP contribution in [0.1, 0.15) is 5.56 Å². The van der Waals surface area contributed by atoms with Gasteiger partial charge >= 0.3 is 6.09 Å². The number of para-hydroxylation sites is 1. The first-order chi connectivity index (χ1) is 12.0. The van der Waals surface area contributed by atoms with Gasteiger partial charge in [0.05, 0.1) is 0 Å². The van der Waals surface area contributed by atoms with E-state index in [1.54, 1.807) is 35.4 Å². The van der Waals surface area contributed by atoms with Crippen LogP contribution in [0.2, 0.25) is 0 Å². The van der Waals surface area contributed by atoms with Crippen molar-refractivity contribution in [2.24, 2.45) is 0 Å². The van der Waals surface area contributed by atoms with E-state index in [0.29, 0.717) is 23.3 Å². The summed E-state index contributed by atoms with van der Waals surface area (Å²) in [5, 5.41) is 3.16. The molecule has 7 heteroatoms. The molecule has 0 aromatic heterocycles. The fourth-order valence-corrected chi connectivity index (χ4v) is 2.80. The molecule has 0 radical (unpaired) electrons. The molecule has 2 aromatic carbocycles. The third-order valence-corrected chi connectivity index (χ3v) is 4.23. The van der Waals surface area contributed by atoms with Gasteiger partial charge in [-0.2, -0.15) is 0 Å². The first kappa shape index (κ1) is 19.3. The molecule has 5 nitrogen and oxygen atoms in total. The van der Waals surface area contributed by atoms with Gasteiger partial charge < -0.3 is 10.1 Å². The van der Waals surface area contributed by atoms with E-state index in [2.05, 4.69) is 21.2 Å². The number of thioether (sulfide) groups is 1. The van der Waals surface area contributed by atoms with Gasteiger partial charge in [0.15, 0.2) is 0 Å². The minimum atomic E-state index is -0.470. The fourth-order valence-electron chi connectivity index (χ4n) is 2.22. The Morgan fingerprint density at radius 3 is 2.64 bits per heavy atom. The maximum Gasteiger partial charge on any atom is 0.419 e. The Labute approximate surface area is 159 Å². The highest BCUT2D eigenvalue weighted by Crippen LogP contribution is 2.23. The predicted molar refractivity (Wildman–Crippen MR) is 107 cm³/mol. The van der Waals surface area contributed by atoms with E-state index in [1.165, 1.54) is 0 Å². The zero-order chi connectivity index (χ0) is 18.2. The molecule has 0 aliphatic rings. The molecular formula is C18H19BrN2O3S. The summed E-state index contributed by atoms with van der Waals surface area (Å²) in [6.07, 6.45) is 1.22. The van der Waals surface area contributed by atoms with E-state index in [0.717, 1.165) is 23.0 Å². The summed E-state index contributed by atoms with van der Waals surface area (Å²) in [7, 11) is 0. The number of benzene rings is 2. The van der Waals surface area contributed by atoms with Gasteiger partial charge in [-0.3, -0.25) is 9.69 Å². The van der Waals surface area contributed by atoms with Crippen molar-refractivity contribution in [3.63, 3.8) is 0 Å². The van der Waals surface area contributed by atoms with E-state index in [4.69, 9.17) is 4.74 Å². The largest absolute Gasteiger partial charge is 0.419 e. The average Bonchev–Trinajstić information content (AvgIpc) is 2.60. The van der Waals surface area contributed by atoms with Gasteiger partial charge in [-0.05, 0) is 36.9 Å². The SMILES string of the molecule is CSC(=O)Nc1cccc(OC(=O)N(CCBr)c2ccccc2C)c1. The lowest BCUT2D eigenvalue weighted by molar-refractivity contribution is 0.208. The van der Waals surface area contributed by atoms with E-state index in [1.807, 2.05) is 31.2 Å². The number of hydrogen-bond donors (Lipinski definition) is 1. The molecule has 2 aromatic rings. The second-order valence-electron chi connectivity index (χ2n) is 5.14. The monoisotopic (exact) mass is 422 g/mol. The summed E-state index contributed by atoms with van der Waals surface area (Å²) < 4.78 is 5.50. The van der Waals surface area contributed by atoms with Crippen LogP contribution < -0.4 is 15.0 Å². The van der Waals surface area contributed by atoms with Gasteiger partial charge in [0.1, 0.15) is 5.75 Å². The standard InChI is InChI=1S/C18H19BrN2O3S/c1-13-6-3-4-9-16(13)21(11-10-19)18(23)24-15-8-5-7-14(12-15)20-17(22)25-2/h3-9,12H,10-11H2,1-2H3,(H,20,22). The zero-order valence-corrected chi connectivity index (χ0v) is 16.4. The van der Waals surface area contributed by atoms with Crippen molar-refractivity contribution in [2.75, 3.05) is 28.3 Å². The number of ether oxygens (including phenoxy) is 1. The average molecular weight is 423 g/mol. The highest BCUT2D eigenvalue weighted by Gasteiger charge is 2.19. The Bertz CT molecular complexity index is 755. The molecule has 2 rings (SSSR count). The van der Waals surface area contributed by atoms with Gasteiger partial charge in [0, 0.05) is 29.3 Å². The summed E-state index contributed by atoms with van der Waals surface area (Å²) in [5.74, 6) is 0.372. The van der Waals surface area contributed by atoms with Crippen LogP contribution in [0.3, 0.4) is 0 Å². The molecule has 0 bridgehead atoms. The fraction of sp³-hybridized carbons (Fsp3) is 0.222. The third kappa shape index (κ3) is 5.51. The molecule has 0 aliphatic heterocycles. The van der Waals surface area contributed by atoms with E-state index < -0.39 is 6.09 Å². The number of amides is 2. The van der Waals surface area contributed by atoms with Crippen LogP contribution in [0.15, 0.2) is 48.5 Å². The number of halogens is 1. The zero-order valence-electron chi connectivity index (χ0n) is 14.0. The van der Waals surface area contributed by atoms with Crippen LogP contribution in [-0.2, 0) is 0 Å². The molecule has 0 aliphatic carbocycles. The summed E-state index contributed by atoms with van der Waals surface area (Å²) in [6, 6.07) is 14.4. The predicted octanol–water partition coefficient (Wildman–Crippen LogP) is 5.29. The van der Waals surface area contributed by atoms with E-state index in [-0.39, 0.29) is 5.24 Å². The summed E-state index contributed by atoms with van der Waals surface area (Å²) in [5.41, 5.74) is 2.37. The second kappa shape index (κ2) is 9.48. The minimum Gasteiger partial charge on any atom is -0.410 e. The molecule has 0 fully saturated rings. The van der Waals surface area contributed by atoms with Crippen LogP contribution >= 0.6 is 27.7 Å². The first-order valence-corrected chi connectivity index (χ1v) is 9.95. The number of alkyl halides is 1. The van der Waals surface area contributed by atoms with Gasteiger partial charge in [-0.1, -0.05) is 52.0 Å². The normalized spacial score (nSPS) is 10.2. The van der Waals surface area contributed by atoms with Crippen molar-refractivity contribution in [3.8, 4) is 5.75 Å². The van der Waals surface area contributed by atoms with Gasteiger partial charge in [-0.25, -0.2) is 4.79 Å².